The molecule has 2 N–H and O–H groups in total. The van der Waals surface area contributed by atoms with Gasteiger partial charge in [0.25, 0.3) is 5.17 Å². The van der Waals surface area contributed by atoms with Crippen molar-refractivity contribution in [2.24, 2.45) is 0 Å². The van der Waals surface area contributed by atoms with E-state index >= 15 is 0 Å². The topological polar surface area (TPSA) is 74.2 Å². The van der Waals surface area contributed by atoms with Gasteiger partial charge in [0.2, 0.25) is 5.91 Å². The van der Waals surface area contributed by atoms with Crippen LogP contribution in [0.1, 0.15) is 46.1 Å². The number of carbonyl (C=O) groups excluding carboxylic acids is 1. The third kappa shape index (κ3) is 7.11. The van der Waals surface area contributed by atoms with E-state index in [1.807, 2.05) is 33.8 Å². The number of hydrogen-bond acceptors (Lipinski definition) is 4. The first kappa shape index (κ1) is 18.9. The van der Waals surface area contributed by atoms with Gasteiger partial charge in [0, 0.05) is 5.69 Å². The van der Waals surface area contributed by atoms with Gasteiger partial charge in [-0.15, -0.1) is 0 Å². The zero-order chi connectivity index (χ0) is 17.5. The molecular formula is C17H23N3O2S. The van der Waals surface area contributed by atoms with Crippen molar-refractivity contribution in [1.29, 1.82) is 5.26 Å². The van der Waals surface area contributed by atoms with Crippen LogP contribution in [0, 0.1) is 11.3 Å². The van der Waals surface area contributed by atoms with Crippen LogP contribution in [0.15, 0.2) is 24.3 Å². The highest BCUT2D eigenvalue weighted by atomic mass is 32.1. The van der Waals surface area contributed by atoms with Gasteiger partial charge in [-0.3, -0.25) is 4.79 Å². The van der Waals surface area contributed by atoms with E-state index in [9.17, 15) is 4.79 Å². The quantitative estimate of drug-likeness (QED) is 0.808. The summed E-state index contributed by atoms with van der Waals surface area (Å²) in [6.45, 7) is 7.68. The molecule has 0 unspecified atom stereocenters. The molecule has 0 aromatic heterocycles. The van der Waals surface area contributed by atoms with Gasteiger partial charge in [0.1, 0.15) is 11.6 Å². The summed E-state index contributed by atoms with van der Waals surface area (Å²) in [4.78, 5) is 12.4. The third-order valence-corrected chi connectivity index (χ3v) is 3.07. The van der Waals surface area contributed by atoms with E-state index in [1.54, 1.807) is 24.3 Å². The molecule has 0 fully saturated rings. The molecule has 0 aliphatic heterocycles. The van der Waals surface area contributed by atoms with Crippen molar-refractivity contribution < 1.29 is 9.53 Å². The lowest BCUT2D eigenvalue weighted by Crippen LogP contribution is -2.45. The minimum absolute atomic E-state index is 0.184. The summed E-state index contributed by atoms with van der Waals surface area (Å²) in [6.07, 6.45) is 1.46. The molecular weight excluding hydrogens is 310 g/mol. The molecule has 1 aromatic carbocycles. The first-order chi connectivity index (χ1) is 10.7. The molecule has 23 heavy (non-hydrogen) atoms. The number of anilines is 1. The average molecular weight is 333 g/mol. The summed E-state index contributed by atoms with van der Waals surface area (Å²) < 4.78 is 5.55. The molecule has 1 amide bonds. The Balaban J connectivity index is 2.70. The molecule has 6 heteroatoms. The van der Waals surface area contributed by atoms with Crippen molar-refractivity contribution in [1.82, 2.24) is 5.32 Å². The molecule has 0 aliphatic rings. The molecule has 124 valence electrons. The fourth-order valence-corrected chi connectivity index (χ4v) is 2.26. The zero-order valence-electron chi connectivity index (χ0n) is 14.0. The van der Waals surface area contributed by atoms with Crippen molar-refractivity contribution in [2.75, 3.05) is 5.32 Å². The molecule has 1 atom stereocenters. The van der Waals surface area contributed by atoms with Crippen molar-refractivity contribution >= 4 is 29.0 Å². The first-order valence-electron chi connectivity index (χ1n) is 7.55. The Morgan fingerprint density at radius 3 is 2.43 bits per heavy atom. The van der Waals surface area contributed by atoms with Gasteiger partial charge in [-0.25, -0.2) is 0 Å². The Hall–Kier alpha value is -2.13. The Bertz CT molecular complexity index is 585. The van der Waals surface area contributed by atoms with Crippen LogP contribution in [-0.2, 0) is 9.53 Å². The fourth-order valence-electron chi connectivity index (χ4n) is 1.86. The average Bonchev–Trinajstić information content (AvgIpc) is 2.45. The zero-order valence-corrected chi connectivity index (χ0v) is 14.8. The Morgan fingerprint density at radius 2 is 1.96 bits per heavy atom. The highest BCUT2D eigenvalue weighted by Crippen LogP contribution is 2.11. The summed E-state index contributed by atoms with van der Waals surface area (Å²) in [5, 5.41) is 14.8. The minimum atomic E-state index is -0.467. The second-order valence-electron chi connectivity index (χ2n) is 6.17. The molecule has 0 aliphatic carbocycles. The number of carbonyl (C=O) groups is 1. The van der Waals surface area contributed by atoms with Crippen molar-refractivity contribution in [3.8, 4) is 6.07 Å². The first-order valence-corrected chi connectivity index (χ1v) is 7.96. The number of rotatable bonds is 5. The van der Waals surface area contributed by atoms with Crippen LogP contribution in [0.2, 0.25) is 0 Å². The maximum atomic E-state index is 12.4. The molecule has 5 nitrogen and oxygen atoms in total. The number of nitriles is 1. The molecule has 0 saturated carbocycles. The van der Waals surface area contributed by atoms with Crippen molar-refractivity contribution in [3.63, 3.8) is 0 Å². The predicted molar refractivity (Wildman–Crippen MR) is 95.1 cm³/mol. The molecule has 0 radical (unpaired) electrons. The molecule has 0 saturated heterocycles. The number of nitrogens with one attached hydrogen (secondary N) is 2. The summed E-state index contributed by atoms with van der Waals surface area (Å²) in [5.74, 6) is -0.184. The lowest BCUT2D eigenvalue weighted by atomic mass is 10.1. The van der Waals surface area contributed by atoms with Crippen LogP contribution in [0.25, 0.3) is 0 Å². The van der Waals surface area contributed by atoms with E-state index in [-0.39, 0.29) is 11.1 Å². The van der Waals surface area contributed by atoms with E-state index in [2.05, 4.69) is 10.6 Å². The number of amides is 1. The Morgan fingerprint density at radius 1 is 1.35 bits per heavy atom. The maximum absolute atomic E-state index is 12.4. The van der Waals surface area contributed by atoms with Gasteiger partial charge in [0.05, 0.1) is 11.6 Å². The van der Waals surface area contributed by atoms with E-state index in [4.69, 9.17) is 22.2 Å². The summed E-state index contributed by atoms with van der Waals surface area (Å²) in [5.41, 5.74) is 0.773. The van der Waals surface area contributed by atoms with Gasteiger partial charge in [-0.2, -0.15) is 5.26 Å². The number of benzene rings is 1. The van der Waals surface area contributed by atoms with Crippen LogP contribution >= 0.6 is 12.2 Å². The van der Waals surface area contributed by atoms with Crippen LogP contribution in [0.3, 0.4) is 0 Å². The predicted octanol–water partition coefficient (Wildman–Crippen LogP) is 3.36. The van der Waals surface area contributed by atoms with Crippen LogP contribution in [0.4, 0.5) is 5.69 Å². The SMILES string of the molecule is CCC[C@H](NC(=S)OC(C)(C)C)C(=O)Nc1ccc(C#N)cc1. The number of nitrogens with zero attached hydrogens (tertiary/aromatic N) is 1. The van der Waals surface area contributed by atoms with Crippen molar-refractivity contribution in [2.45, 2.75) is 52.2 Å². The van der Waals surface area contributed by atoms with Crippen LogP contribution in [0.5, 0.6) is 0 Å². The number of hydrogen-bond donors (Lipinski definition) is 2. The van der Waals surface area contributed by atoms with E-state index in [0.29, 0.717) is 17.7 Å². The molecule has 1 aromatic rings. The van der Waals surface area contributed by atoms with Gasteiger partial charge in [-0.1, -0.05) is 13.3 Å². The van der Waals surface area contributed by atoms with Crippen LogP contribution in [-0.4, -0.2) is 22.7 Å². The molecule has 0 spiro atoms. The second kappa shape index (κ2) is 8.49. The summed E-state index contributed by atoms with van der Waals surface area (Å²) in [7, 11) is 0. The highest BCUT2D eigenvalue weighted by Gasteiger charge is 2.21. The Labute approximate surface area is 143 Å². The molecule has 1 rings (SSSR count). The summed E-state index contributed by atoms with van der Waals surface area (Å²) >= 11 is 5.16. The number of ether oxygens (including phenoxy) is 1. The van der Waals surface area contributed by atoms with E-state index in [0.717, 1.165) is 6.42 Å². The van der Waals surface area contributed by atoms with E-state index < -0.39 is 11.6 Å². The van der Waals surface area contributed by atoms with E-state index in [1.165, 1.54) is 0 Å². The van der Waals surface area contributed by atoms with Gasteiger partial charge >= 0.3 is 0 Å². The van der Waals surface area contributed by atoms with Gasteiger partial charge in [-0.05, 0) is 63.7 Å². The second-order valence-corrected chi connectivity index (χ2v) is 6.54. The monoisotopic (exact) mass is 333 g/mol. The van der Waals surface area contributed by atoms with Gasteiger partial charge in [0.15, 0.2) is 0 Å². The fraction of sp³-hybridized carbons (Fsp3) is 0.471. The smallest absolute Gasteiger partial charge is 0.257 e. The Kier molecular flexibility index (Phi) is 6.98. The lowest BCUT2D eigenvalue weighted by Gasteiger charge is -2.25. The third-order valence-electron chi connectivity index (χ3n) is 2.87. The highest BCUT2D eigenvalue weighted by molar-refractivity contribution is 7.80. The largest absolute Gasteiger partial charge is 0.465 e. The minimum Gasteiger partial charge on any atom is -0.465 e. The molecule has 0 bridgehead atoms. The van der Waals surface area contributed by atoms with Crippen LogP contribution < -0.4 is 10.6 Å². The summed E-state index contributed by atoms with van der Waals surface area (Å²) in [6, 6.07) is 8.28. The van der Waals surface area contributed by atoms with Crippen molar-refractivity contribution in [3.05, 3.63) is 29.8 Å². The lowest BCUT2D eigenvalue weighted by molar-refractivity contribution is -0.118. The number of thiocarbonyl (C=S) groups is 1. The van der Waals surface area contributed by atoms with Gasteiger partial charge < -0.3 is 15.4 Å². The molecule has 0 heterocycles. The maximum Gasteiger partial charge on any atom is 0.257 e. The normalized spacial score (nSPS) is 12.0. The standard InChI is InChI=1S/C17H23N3O2S/c1-5-6-14(20-16(23)22-17(2,3)4)15(21)19-13-9-7-12(11-18)8-10-13/h7-10,14H,5-6H2,1-4H3,(H,19,21)(H,20,23)/t14-/m0/s1.